The molecule has 2 aromatic rings. The highest BCUT2D eigenvalue weighted by Crippen LogP contribution is 2.44. The molecule has 0 radical (unpaired) electrons. The number of hydrogen-bond acceptors (Lipinski definition) is 5. The number of fused-ring (bicyclic) bond motifs is 2. The summed E-state index contributed by atoms with van der Waals surface area (Å²) in [6.45, 7) is 3.41. The second-order valence-corrected chi connectivity index (χ2v) is 6.61. The van der Waals surface area contributed by atoms with Gasteiger partial charge < -0.3 is 4.90 Å². The molecule has 1 amide bonds. The smallest absolute Gasteiger partial charge is 0.275 e. The molecule has 1 N–H and O–H groups in total. The van der Waals surface area contributed by atoms with Crippen LogP contribution in [0.15, 0.2) is 6.20 Å². The van der Waals surface area contributed by atoms with Gasteiger partial charge >= 0.3 is 0 Å². The number of aromatic nitrogens is 4. The topological polar surface area (TPSA) is 74.8 Å². The minimum Gasteiger partial charge on any atom is -0.336 e. The van der Waals surface area contributed by atoms with Gasteiger partial charge in [0.1, 0.15) is 0 Å². The van der Waals surface area contributed by atoms with Gasteiger partial charge in [0.2, 0.25) is 0 Å². The lowest BCUT2D eigenvalue weighted by Gasteiger charge is -2.40. The van der Waals surface area contributed by atoms with Gasteiger partial charge in [-0.1, -0.05) is 0 Å². The van der Waals surface area contributed by atoms with E-state index in [-0.39, 0.29) is 11.3 Å². The number of carbonyl (C=O) groups is 1. The minimum absolute atomic E-state index is 0.0216. The minimum atomic E-state index is 0.0216. The number of likely N-dealkylation sites (tertiary alicyclic amines) is 1. The molecule has 1 fully saturated rings. The van der Waals surface area contributed by atoms with Crippen molar-refractivity contribution in [3.63, 3.8) is 0 Å². The van der Waals surface area contributed by atoms with Crippen molar-refractivity contribution in [3.05, 3.63) is 28.8 Å². The summed E-state index contributed by atoms with van der Waals surface area (Å²) in [5, 5.41) is 7.35. The SMILES string of the molecule is Cc1nsnc1C(=O)N1CCCC2(CCc3cn[nH]c32)C1. The van der Waals surface area contributed by atoms with Gasteiger partial charge in [-0.2, -0.15) is 13.8 Å². The maximum atomic E-state index is 12.7. The van der Waals surface area contributed by atoms with Gasteiger partial charge in [0, 0.05) is 24.2 Å². The van der Waals surface area contributed by atoms with E-state index in [1.807, 2.05) is 18.0 Å². The number of hydrogen-bond donors (Lipinski definition) is 1. The lowest BCUT2D eigenvalue weighted by Crippen LogP contribution is -2.48. The van der Waals surface area contributed by atoms with Crippen molar-refractivity contribution in [1.82, 2.24) is 23.8 Å². The Labute approximate surface area is 126 Å². The third-order valence-electron chi connectivity index (χ3n) is 4.84. The Bertz CT molecular complexity index is 693. The van der Waals surface area contributed by atoms with Crippen LogP contribution >= 0.6 is 11.7 Å². The summed E-state index contributed by atoms with van der Waals surface area (Å²) in [4.78, 5) is 14.6. The Morgan fingerprint density at radius 2 is 2.33 bits per heavy atom. The molecular weight excluding hydrogens is 286 g/mol. The fraction of sp³-hybridized carbons (Fsp3) is 0.571. The van der Waals surface area contributed by atoms with Crippen LogP contribution < -0.4 is 0 Å². The zero-order chi connectivity index (χ0) is 14.4. The third-order valence-corrected chi connectivity index (χ3v) is 5.46. The fourth-order valence-corrected chi connectivity index (χ4v) is 4.29. The van der Waals surface area contributed by atoms with Gasteiger partial charge in [0.05, 0.1) is 23.6 Å². The van der Waals surface area contributed by atoms with E-state index in [1.54, 1.807) is 0 Å². The Morgan fingerprint density at radius 1 is 1.43 bits per heavy atom. The first kappa shape index (κ1) is 12.9. The average Bonchev–Trinajstić information content (AvgIpc) is 3.18. The summed E-state index contributed by atoms with van der Waals surface area (Å²) < 4.78 is 8.28. The largest absolute Gasteiger partial charge is 0.336 e. The standard InChI is InChI=1S/C14H17N5OS/c1-9-11(18-21-17-9)13(20)19-6-2-4-14(8-19)5-3-10-7-15-16-12(10)14/h7H,2-6,8H2,1H3,(H,15,16). The van der Waals surface area contributed by atoms with Crippen molar-refractivity contribution in [1.29, 1.82) is 0 Å². The molecule has 0 bridgehead atoms. The Balaban J connectivity index is 1.62. The summed E-state index contributed by atoms with van der Waals surface area (Å²) in [7, 11) is 0. The van der Waals surface area contributed by atoms with Crippen molar-refractivity contribution < 1.29 is 4.79 Å². The second-order valence-electron chi connectivity index (χ2n) is 6.08. The molecule has 1 aliphatic heterocycles. The van der Waals surface area contributed by atoms with Crippen LogP contribution in [0.4, 0.5) is 0 Å². The molecule has 1 unspecified atom stereocenters. The Kier molecular flexibility index (Phi) is 2.85. The van der Waals surface area contributed by atoms with Gasteiger partial charge in [-0.25, -0.2) is 0 Å². The molecule has 2 aliphatic rings. The van der Waals surface area contributed by atoms with E-state index in [0.717, 1.165) is 56.2 Å². The monoisotopic (exact) mass is 303 g/mol. The van der Waals surface area contributed by atoms with Crippen LogP contribution in [-0.2, 0) is 11.8 Å². The van der Waals surface area contributed by atoms with Crippen molar-refractivity contribution in [2.75, 3.05) is 13.1 Å². The predicted molar refractivity (Wildman–Crippen MR) is 78.4 cm³/mol. The molecule has 1 atom stereocenters. The van der Waals surface area contributed by atoms with E-state index >= 15 is 0 Å². The molecule has 21 heavy (non-hydrogen) atoms. The van der Waals surface area contributed by atoms with E-state index in [1.165, 1.54) is 11.3 Å². The molecule has 7 heteroatoms. The summed E-state index contributed by atoms with van der Waals surface area (Å²) in [5.74, 6) is 0.0216. The molecule has 1 saturated heterocycles. The normalized spacial score (nSPS) is 24.5. The number of amides is 1. The highest BCUT2D eigenvalue weighted by atomic mass is 32.1. The molecule has 0 aromatic carbocycles. The molecular formula is C14H17N5OS. The first-order valence-electron chi connectivity index (χ1n) is 7.31. The molecule has 110 valence electrons. The van der Waals surface area contributed by atoms with Gasteiger partial charge in [0.15, 0.2) is 5.69 Å². The van der Waals surface area contributed by atoms with E-state index in [2.05, 4.69) is 18.9 Å². The molecule has 6 nitrogen and oxygen atoms in total. The number of carbonyl (C=O) groups excluding carboxylic acids is 1. The number of piperidine rings is 1. The summed E-state index contributed by atoms with van der Waals surface area (Å²) >= 11 is 1.11. The van der Waals surface area contributed by atoms with Crippen molar-refractivity contribution in [2.24, 2.45) is 0 Å². The highest BCUT2D eigenvalue weighted by Gasteiger charge is 2.44. The number of nitrogens with zero attached hydrogens (tertiary/aromatic N) is 4. The Morgan fingerprint density at radius 3 is 3.14 bits per heavy atom. The maximum absolute atomic E-state index is 12.7. The van der Waals surface area contributed by atoms with Gasteiger partial charge in [-0.05, 0) is 38.2 Å². The number of aryl methyl sites for hydroxylation is 2. The van der Waals surface area contributed by atoms with Crippen LogP contribution in [0, 0.1) is 6.92 Å². The van der Waals surface area contributed by atoms with Gasteiger partial charge in [0.25, 0.3) is 5.91 Å². The lowest BCUT2D eigenvalue weighted by atomic mass is 9.77. The van der Waals surface area contributed by atoms with Gasteiger partial charge in [-0.3, -0.25) is 9.89 Å². The van der Waals surface area contributed by atoms with Crippen LogP contribution in [0.25, 0.3) is 0 Å². The maximum Gasteiger partial charge on any atom is 0.275 e. The van der Waals surface area contributed by atoms with E-state index < -0.39 is 0 Å². The third kappa shape index (κ3) is 1.91. The van der Waals surface area contributed by atoms with Crippen molar-refractivity contribution in [2.45, 2.75) is 38.0 Å². The van der Waals surface area contributed by atoms with Crippen LogP contribution in [0.5, 0.6) is 0 Å². The highest BCUT2D eigenvalue weighted by molar-refractivity contribution is 6.99. The van der Waals surface area contributed by atoms with Crippen molar-refractivity contribution in [3.8, 4) is 0 Å². The molecule has 1 aliphatic carbocycles. The van der Waals surface area contributed by atoms with Crippen LogP contribution in [-0.4, -0.2) is 42.8 Å². The zero-order valence-corrected chi connectivity index (χ0v) is 12.7. The summed E-state index contributed by atoms with van der Waals surface area (Å²) in [5.41, 5.74) is 3.87. The number of nitrogens with one attached hydrogen (secondary N) is 1. The lowest BCUT2D eigenvalue weighted by molar-refractivity contribution is 0.0627. The quantitative estimate of drug-likeness (QED) is 0.870. The molecule has 3 heterocycles. The van der Waals surface area contributed by atoms with Crippen LogP contribution in [0.2, 0.25) is 0 Å². The number of H-pyrrole nitrogens is 1. The molecule has 1 spiro atoms. The first-order chi connectivity index (χ1) is 10.2. The van der Waals surface area contributed by atoms with E-state index in [0.29, 0.717) is 5.69 Å². The predicted octanol–water partition coefficient (Wildman–Crippen LogP) is 1.69. The first-order valence-corrected chi connectivity index (χ1v) is 8.04. The fourth-order valence-electron chi connectivity index (χ4n) is 3.75. The van der Waals surface area contributed by atoms with Crippen molar-refractivity contribution >= 4 is 17.6 Å². The molecule has 0 saturated carbocycles. The number of aromatic amines is 1. The van der Waals surface area contributed by atoms with Gasteiger partial charge in [-0.15, -0.1) is 0 Å². The van der Waals surface area contributed by atoms with Crippen LogP contribution in [0.1, 0.15) is 46.7 Å². The Hall–Kier alpha value is -1.76. The summed E-state index contributed by atoms with van der Waals surface area (Å²) in [6, 6.07) is 0. The molecule has 4 rings (SSSR count). The van der Waals surface area contributed by atoms with E-state index in [9.17, 15) is 4.79 Å². The second kappa shape index (κ2) is 4.62. The molecule has 2 aromatic heterocycles. The zero-order valence-electron chi connectivity index (χ0n) is 11.9. The average molecular weight is 303 g/mol. The van der Waals surface area contributed by atoms with E-state index in [4.69, 9.17) is 0 Å². The number of rotatable bonds is 1. The summed E-state index contributed by atoms with van der Waals surface area (Å²) in [6.07, 6.45) is 6.25. The van der Waals surface area contributed by atoms with Crippen LogP contribution in [0.3, 0.4) is 0 Å².